The number of nitrogens with zero attached hydrogens (tertiary/aromatic N) is 2. The van der Waals surface area contributed by atoms with E-state index in [2.05, 4.69) is 15.4 Å². The second kappa shape index (κ2) is 5.42. The first-order valence-corrected chi connectivity index (χ1v) is 5.48. The fourth-order valence-electron chi connectivity index (χ4n) is 1.57. The molecule has 1 heterocycles. The number of halogens is 1. The molecule has 0 fully saturated rings. The maximum absolute atomic E-state index is 13.1. The molecule has 0 atom stereocenters. The lowest BCUT2D eigenvalue weighted by molar-refractivity contribution is 0.451. The van der Waals surface area contributed by atoms with Crippen molar-refractivity contribution in [2.24, 2.45) is 5.84 Å². The van der Waals surface area contributed by atoms with Gasteiger partial charge in [0, 0.05) is 6.07 Å². The van der Waals surface area contributed by atoms with Gasteiger partial charge in [-0.15, -0.1) is 0 Å². The van der Waals surface area contributed by atoms with E-state index in [4.69, 9.17) is 10.6 Å². The number of hydrazine groups is 1. The Hall–Kier alpha value is -2.21. The summed E-state index contributed by atoms with van der Waals surface area (Å²) in [4.78, 5) is 8.02. The van der Waals surface area contributed by atoms with Gasteiger partial charge in [-0.3, -0.25) is 0 Å². The quantitative estimate of drug-likeness (QED) is 0.641. The van der Waals surface area contributed by atoms with E-state index < -0.39 is 0 Å². The minimum Gasteiger partial charge on any atom is -0.438 e. The molecule has 1 aromatic carbocycles. The van der Waals surface area contributed by atoms with Crippen LogP contribution < -0.4 is 16.0 Å². The molecule has 5 nitrogen and oxygen atoms in total. The van der Waals surface area contributed by atoms with Crippen LogP contribution in [-0.4, -0.2) is 9.97 Å². The Morgan fingerprint density at radius 2 is 2.22 bits per heavy atom. The molecule has 18 heavy (non-hydrogen) atoms. The van der Waals surface area contributed by atoms with Crippen molar-refractivity contribution in [1.82, 2.24) is 9.97 Å². The van der Waals surface area contributed by atoms with Crippen LogP contribution in [0.25, 0.3) is 0 Å². The number of hydrogen-bond donors (Lipinski definition) is 2. The van der Waals surface area contributed by atoms with Crippen molar-refractivity contribution in [2.45, 2.75) is 13.3 Å². The van der Waals surface area contributed by atoms with Gasteiger partial charge in [0.1, 0.15) is 23.7 Å². The summed E-state index contributed by atoms with van der Waals surface area (Å²) in [7, 11) is 0. The molecule has 1 aromatic heterocycles. The maximum Gasteiger partial charge on any atom is 0.227 e. The second-order valence-electron chi connectivity index (χ2n) is 3.56. The molecule has 2 rings (SSSR count). The Bertz CT molecular complexity index is 547. The summed E-state index contributed by atoms with van der Waals surface area (Å²) in [6.45, 7) is 1.93. The van der Waals surface area contributed by atoms with Gasteiger partial charge in [-0.25, -0.2) is 20.2 Å². The summed E-state index contributed by atoms with van der Waals surface area (Å²) in [5.41, 5.74) is 3.22. The molecule has 6 heteroatoms. The Morgan fingerprint density at radius 1 is 1.39 bits per heavy atom. The molecule has 0 unspecified atom stereocenters. The Balaban J connectivity index is 2.34. The van der Waals surface area contributed by atoms with E-state index in [1.54, 1.807) is 12.1 Å². The number of benzene rings is 1. The van der Waals surface area contributed by atoms with E-state index in [0.29, 0.717) is 23.9 Å². The molecule has 94 valence electrons. The minimum atomic E-state index is -0.364. The largest absolute Gasteiger partial charge is 0.438 e. The lowest BCUT2D eigenvalue weighted by Crippen LogP contribution is -2.12. The number of anilines is 1. The predicted molar refractivity (Wildman–Crippen MR) is 65.7 cm³/mol. The molecule has 0 amide bonds. The third-order valence-corrected chi connectivity index (χ3v) is 2.41. The third-order valence-electron chi connectivity index (χ3n) is 2.41. The van der Waals surface area contributed by atoms with E-state index in [9.17, 15) is 4.39 Å². The third kappa shape index (κ3) is 2.54. The van der Waals surface area contributed by atoms with Crippen molar-refractivity contribution in [3.63, 3.8) is 0 Å². The van der Waals surface area contributed by atoms with Crippen molar-refractivity contribution >= 4 is 5.82 Å². The van der Waals surface area contributed by atoms with Gasteiger partial charge >= 0.3 is 0 Å². The average Bonchev–Trinajstić information content (AvgIpc) is 2.38. The van der Waals surface area contributed by atoms with Gasteiger partial charge in [-0.2, -0.15) is 0 Å². The highest BCUT2D eigenvalue weighted by atomic mass is 19.1. The fraction of sp³-hybridized carbons (Fsp3) is 0.167. The van der Waals surface area contributed by atoms with Gasteiger partial charge < -0.3 is 10.2 Å². The standard InChI is InChI=1S/C12H13FN4O/c1-2-10-11(17-14)15-7-16-12(10)18-9-5-3-4-8(13)6-9/h3-7H,2,14H2,1H3,(H,15,16,17). The molecule has 0 saturated carbocycles. The van der Waals surface area contributed by atoms with Gasteiger partial charge in [-0.05, 0) is 18.6 Å². The molecule has 0 spiro atoms. The molecular weight excluding hydrogens is 235 g/mol. The van der Waals surface area contributed by atoms with Gasteiger partial charge in [0.25, 0.3) is 0 Å². The van der Waals surface area contributed by atoms with Crippen LogP contribution in [-0.2, 0) is 6.42 Å². The lowest BCUT2D eigenvalue weighted by Gasteiger charge is -2.11. The fourth-order valence-corrected chi connectivity index (χ4v) is 1.57. The van der Waals surface area contributed by atoms with E-state index >= 15 is 0 Å². The number of aromatic nitrogens is 2. The molecule has 0 radical (unpaired) electrons. The first-order chi connectivity index (χ1) is 8.74. The van der Waals surface area contributed by atoms with Crippen LogP contribution >= 0.6 is 0 Å². The van der Waals surface area contributed by atoms with Crippen molar-refractivity contribution < 1.29 is 9.13 Å². The highest BCUT2D eigenvalue weighted by Gasteiger charge is 2.11. The highest BCUT2D eigenvalue weighted by molar-refractivity contribution is 5.48. The van der Waals surface area contributed by atoms with Crippen LogP contribution in [0.4, 0.5) is 10.2 Å². The number of rotatable bonds is 4. The molecule has 0 bridgehead atoms. The summed E-state index contributed by atoms with van der Waals surface area (Å²) >= 11 is 0. The van der Waals surface area contributed by atoms with Crippen LogP contribution in [0.15, 0.2) is 30.6 Å². The number of hydrogen-bond acceptors (Lipinski definition) is 5. The Morgan fingerprint density at radius 3 is 2.89 bits per heavy atom. The minimum absolute atomic E-state index is 0.364. The molecule has 0 saturated heterocycles. The topological polar surface area (TPSA) is 73.1 Å². The van der Waals surface area contributed by atoms with Crippen LogP contribution in [0, 0.1) is 5.82 Å². The number of nitrogen functional groups attached to an aromatic ring is 1. The van der Waals surface area contributed by atoms with E-state index in [-0.39, 0.29) is 5.82 Å². The van der Waals surface area contributed by atoms with Gasteiger partial charge in [0.05, 0.1) is 5.56 Å². The summed E-state index contributed by atoms with van der Waals surface area (Å²) in [6, 6.07) is 5.86. The van der Waals surface area contributed by atoms with Gasteiger partial charge in [0.2, 0.25) is 5.88 Å². The van der Waals surface area contributed by atoms with Crippen molar-refractivity contribution in [3.05, 3.63) is 42.0 Å². The SMILES string of the molecule is CCc1c(NN)ncnc1Oc1cccc(F)c1. The molecule has 2 aromatic rings. The van der Waals surface area contributed by atoms with Crippen LogP contribution in [0.5, 0.6) is 11.6 Å². The Kier molecular flexibility index (Phi) is 3.69. The maximum atomic E-state index is 13.1. The average molecular weight is 248 g/mol. The summed E-state index contributed by atoms with van der Waals surface area (Å²) in [5, 5.41) is 0. The summed E-state index contributed by atoms with van der Waals surface area (Å²) < 4.78 is 18.6. The van der Waals surface area contributed by atoms with Crippen molar-refractivity contribution in [1.29, 1.82) is 0 Å². The zero-order valence-electron chi connectivity index (χ0n) is 9.85. The molecule has 0 aliphatic rings. The zero-order chi connectivity index (χ0) is 13.0. The second-order valence-corrected chi connectivity index (χ2v) is 3.56. The zero-order valence-corrected chi connectivity index (χ0v) is 9.85. The molecule has 0 aliphatic heterocycles. The predicted octanol–water partition coefficient (Wildman–Crippen LogP) is 2.26. The normalized spacial score (nSPS) is 10.2. The van der Waals surface area contributed by atoms with E-state index in [0.717, 1.165) is 5.56 Å². The molecular formula is C12H13FN4O. The first-order valence-electron chi connectivity index (χ1n) is 5.48. The highest BCUT2D eigenvalue weighted by Crippen LogP contribution is 2.27. The monoisotopic (exact) mass is 248 g/mol. The number of nitrogens with one attached hydrogen (secondary N) is 1. The van der Waals surface area contributed by atoms with E-state index in [1.807, 2.05) is 6.92 Å². The molecule has 3 N–H and O–H groups in total. The number of nitrogens with two attached hydrogens (primary N) is 1. The van der Waals surface area contributed by atoms with Crippen molar-refractivity contribution in [3.8, 4) is 11.6 Å². The van der Waals surface area contributed by atoms with Gasteiger partial charge in [0.15, 0.2) is 0 Å². The van der Waals surface area contributed by atoms with Gasteiger partial charge in [-0.1, -0.05) is 13.0 Å². The van der Waals surface area contributed by atoms with E-state index in [1.165, 1.54) is 18.5 Å². The lowest BCUT2D eigenvalue weighted by atomic mass is 10.2. The summed E-state index contributed by atoms with van der Waals surface area (Å²) in [5.74, 6) is 6.24. The summed E-state index contributed by atoms with van der Waals surface area (Å²) in [6.07, 6.45) is 1.98. The molecule has 0 aliphatic carbocycles. The Labute approximate surface area is 104 Å². The van der Waals surface area contributed by atoms with Crippen LogP contribution in [0.3, 0.4) is 0 Å². The van der Waals surface area contributed by atoms with Crippen LogP contribution in [0.1, 0.15) is 12.5 Å². The smallest absolute Gasteiger partial charge is 0.227 e. The first kappa shape index (κ1) is 12.3. The van der Waals surface area contributed by atoms with Crippen molar-refractivity contribution in [2.75, 3.05) is 5.43 Å². The van der Waals surface area contributed by atoms with Crippen LogP contribution in [0.2, 0.25) is 0 Å². The number of ether oxygens (including phenoxy) is 1.